The van der Waals surface area contributed by atoms with E-state index in [0.717, 1.165) is 0 Å². The van der Waals surface area contributed by atoms with E-state index in [-0.39, 0.29) is 0 Å². The van der Waals surface area contributed by atoms with E-state index in [1.807, 2.05) is 0 Å². The zero-order chi connectivity index (χ0) is 9.73. The first-order valence-electron chi connectivity index (χ1n) is 3.83. The van der Waals surface area contributed by atoms with Crippen LogP contribution in [-0.4, -0.2) is 12.5 Å². The zero-order valence-electron chi connectivity index (χ0n) is 7.04. The molecule has 0 aliphatic heterocycles. The van der Waals surface area contributed by atoms with Gasteiger partial charge >= 0.3 is 0 Å². The first-order chi connectivity index (χ1) is 6.14. The summed E-state index contributed by atoms with van der Waals surface area (Å²) in [5.74, 6) is -2.53. The molecule has 0 aliphatic rings. The Morgan fingerprint density at radius 3 is 2.46 bits per heavy atom. The average molecular weight is 184 g/mol. The molecule has 0 saturated heterocycles. The molecule has 3 heteroatoms. The lowest BCUT2D eigenvalue weighted by molar-refractivity contribution is 0.00545. The Kier molecular flexibility index (Phi) is 3.01. The summed E-state index contributed by atoms with van der Waals surface area (Å²) in [5, 5.41) is 0. The van der Waals surface area contributed by atoms with Crippen LogP contribution in [0.4, 0.5) is 8.78 Å². The Labute approximate surface area is 75.6 Å². The van der Waals surface area contributed by atoms with Gasteiger partial charge in [0.2, 0.25) is 0 Å². The number of benzene rings is 1. The van der Waals surface area contributed by atoms with Crippen molar-refractivity contribution in [3.63, 3.8) is 0 Å². The number of hydrogen-bond donors (Lipinski definition) is 0. The fraction of sp³-hybridized carbons (Fsp3) is 0.200. The highest BCUT2D eigenvalue weighted by Crippen LogP contribution is 2.17. The van der Waals surface area contributed by atoms with Gasteiger partial charge < -0.3 is 4.74 Å². The third-order valence-corrected chi connectivity index (χ3v) is 1.47. The van der Waals surface area contributed by atoms with Crippen LogP contribution in [0, 0.1) is 0 Å². The molecule has 13 heavy (non-hydrogen) atoms. The fourth-order valence-corrected chi connectivity index (χ4v) is 0.755. The summed E-state index contributed by atoms with van der Waals surface area (Å²) in [6.45, 7) is 2.35. The molecule has 0 N–H and O–H groups in total. The summed E-state index contributed by atoms with van der Waals surface area (Å²) in [4.78, 5) is 0. The second-order valence-electron chi connectivity index (χ2n) is 2.57. The van der Waals surface area contributed by atoms with Gasteiger partial charge in [-0.05, 0) is 18.2 Å². The lowest BCUT2D eigenvalue weighted by Crippen LogP contribution is -2.22. The summed E-state index contributed by atoms with van der Waals surface area (Å²) < 4.78 is 30.0. The highest BCUT2D eigenvalue weighted by atomic mass is 19.3. The molecule has 1 rings (SSSR count). The average Bonchev–Trinajstić information content (AvgIpc) is 2.17. The van der Waals surface area contributed by atoms with Gasteiger partial charge in [0.25, 0.3) is 5.92 Å². The minimum Gasteiger partial charge on any atom is -0.487 e. The molecular formula is C10H10F2O. The Morgan fingerprint density at radius 1 is 1.31 bits per heavy atom. The van der Waals surface area contributed by atoms with Crippen LogP contribution in [0.1, 0.15) is 0 Å². The zero-order valence-corrected chi connectivity index (χ0v) is 7.04. The van der Waals surface area contributed by atoms with Gasteiger partial charge in [0, 0.05) is 0 Å². The van der Waals surface area contributed by atoms with Crippen molar-refractivity contribution in [3.05, 3.63) is 43.0 Å². The maximum atomic E-state index is 12.6. The van der Waals surface area contributed by atoms with Crippen molar-refractivity contribution in [1.82, 2.24) is 0 Å². The quantitative estimate of drug-likeness (QED) is 0.654. The summed E-state index contributed by atoms with van der Waals surface area (Å²) >= 11 is 0. The first-order valence-corrected chi connectivity index (χ1v) is 3.83. The molecule has 70 valence electrons. The van der Waals surface area contributed by atoms with Crippen LogP contribution in [-0.2, 0) is 0 Å². The molecule has 0 aromatic heterocycles. The van der Waals surface area contributed by atoms with Gasteiger partial charge in [-0.1, -0.05) is 24.8 Å². The third-order valence-electron chi connectivity index (χ3n) is 1.47. The number of rotatable bonds is 4. The second-order valence-corrected chi connectivity index (χ2v) is 2.57. The van der Waals surface area contributed by atoms with Crippen molar-refractivity contribution >= 4 is 0 Å². The maximum absolute atomic E-state index is 12.6. The molecule has 0 unspecified atom stereocenters. The van der Waals surface area contributed by atoms with Crippen LogP contribution in [0.2, 0.25) is 0 Å². The lowest BCUT2D eigenvalue weighted by Gasteiger charge is -2.12. The van der Waals surface area contributed by atoms with E-state index in [1.54, 1.807) is 30.3 Å². The molecule has 0 fully saturated rings. The van der Waals surface area contributed by atoms with E-state index in [1.165, 1.54) is 0 Å². The van der Waals surface area contributed by atoms with Gasteiger partial charge in [0.05, 0.1) is 0 Å². The van der Waals surface area contributed by atoms with Gasteiger partial charge in [-0.3, -0.25) is 0 Å². The van der Waals surface area contributed by atoms with Crippen LogP contribution >= 0.6 is 0 Å². The topological polar surface area (TPSA) is 9.23 Å². The van der Waals surface area contributed by atoms with Crippen molar-refractivity contribution in [2.45, 2.75) is 5.92 Å². The fourth-order valence-electron chi connectivity index (χ4n) is 0.755. The van der Waals surface area contributed by atoms with E-state index in [2.05, 4.69) is 6.58 Å². The number of hydrogen-bond acceptors (Lipinski definition) is 1. The van der Waals surface area contributed by atoms with Gasteiger partial charge in [-0.25, -0.2) is 0 Å². The van der Waals surface area contributed by atoms with Crippen LogP contribution < -0.4 is 4.74 Å². The van der Waals surface area contributed by atoms with Gasteiger partial charge in [-0.2, -0.15) is 8.78 Å². The Balaban J connectivity index is 2.48. The minimum absolute atomic E-state index is 0.434. The van der Waals surface area contributed by atoms with Crippen molar-refractivity contribution in [1.29, 1.82) is 0 Å². The van der Waals surface area contributed by atoms with E-state index >= 15 is 0 Å². The van der Waals surface area contributed by atoms with E-state index < -0.39 is 12.5 Å². The number of para-hydroxylation sites is 1. The van der Waals surface area contributed by atoms with Crippen molar-refractivity contribution in [3.8, 4) is 5.75 Å². The molecule has 0 aliphatic carbocycles. The lowest BCUT2D eigenvalue weighted by atomic mass is 10.3. The normalized spacial score (nSPS) is 10.9. The molecule has 0 radical (unpaired) electrons. The van der Waals surface area contributed by atoms with Crippen molar-refractivity contribution < 1.29 is 13.5 Å². The van der Waals surface area contributed by atoms with Crippen LogP contribution in [0.3, 0.4) is 0 Å². The molecule has 0 bridgehead atoms. The summed E-state index contributed by atoms with van der Waals surface area (Å²) in [5.41, 5.74) is 0. The maximum Gasteiger partial charge on any atom is 0.299 e. The molecule has 1 nitrogen and oxygen atoms in total. The monoisotopic (exact) mass is 184 g/mol. The highest BCUT2D eigenvalue weighted by Gasteiger charge is 2.24. The van der Waals surface area contributed by atoms with Gasteiger partial charge in [-0.15, -0.1) is 0 Å². The first kappa shape index (κ1) is 9.71. The molecule has 0 atom stereocenters. The van der Waals surface area contributed by atoms with Gasteiger partial charge in [0.15, 0.2) is 6.61 Å². The number of alkyl halides is 2. The van der Waals surface area contributed by atoms with Crippen LogP contribution in [0.25, 0.3) is 0 Å². The Hall–Kier alpha value is -1.38. The molecule has 0 heterocycles. The Morgan fingerprint density at radius 2 is 1.92 bits per heavy atom. The summed E-state index contributed by atoms with van der Waals surface area (Å²) in [6.07, 6.45) is 0.579. The predicted octanol–water partition coefficient (Wildman–Crippen LogP) is 2.89. The number of ether oxygens (including phenoxy) is 1. The predicted molar refractivity (Wildman–Crippen MR) is 47.1 cm³/mol. The molecule has 0 spiro atoms. The smallest absolute Gasteiger partial charge is 0.299 e. The van der Waals surface area contributed by atoms with E-state index in [9.17, 15) is 8.78 Å². The van der Waals surface area contributed by atoms with Crippen LogP contribution in [0.15, 0.2) is 43.0 Å². The molecule has 0 saturated carbocycles. The third kappa shape index (κ3) is 3.23. The summed E-state index contributed by atoms with van der Waals surface area (Å²) in [7, 11) is 0. The molecule has 0 amide bonds. The summed E-state index contributed by atoms with van der Waals surface area (Å²) in [6, 6.07) is 8.49. The molecule has 1 aromatic rings. The standard InChI is InChI=1S/C10H10F2O/c1-2-10(11,12)8-13-9-6-4-3-5-7-9/h2-7H,1,8H2. The number of halogens is 2. The van der Waals surface area contributed by atoms with Crippen molar-refractivity contribution in [2.75, 3.05) is 6.61 Å². The largest absolute Gasteiger partial charge is 0.487 e. The highest BCUT2D eigenvalue weighted by molar-refractivity contribution is 5.21. The minimum atomic E-state index is -2.96. The SMILES string of the molecule is C=CC(F)(F)COc1ccccc1. The molecule has 1 aromatic carbocycles. The second kappa shape index (κ2) is 4.03. The molecular weight excluding hydrogens is 174 g/mol. The van der Waals surface area contributed by atoms with E-state index in [0.29, 0.717) is 11.8 Å². The van der Waals surface area contributed by atoms with E-state index in [4.69, 9.17) is 4.74 Å². The van der Waals surface area contributed by atoms with Gasteiger partial charge in [0.1, 0.15) is 5.75 Å². The Bertz CT molecular complexity index is 270. The van der Waals surface area contributed by atoms with Crippen molar-refractivity contribution in [2.24, 2.45) is 0 Å². The van der Waals surface area contributed by atoms with Crippen LogP contribution in [0.5, 0.6) is 5.75 Å².